The number of hydrogen-bond acceptors (Lipinski definition) is 3. The van der Waals surface area contributed by atoms with E-state index >= 15 is 0 Å². The summed E-state index contributed by atoms with van der Waals surface area (Å²) < 4.78 is 10.3. The van der Waals surface area contributed by atoms with Crippen LogP contribution in [-0.2, 0) is 0 Å². The molecule has 0 unspecified atom stereocenters. The highest BCUT2D eigenvalue weighted by Crippen LogP contribution is 2.27. The summed E-state index contributed by atoms with van der Waals surface area (Å²) in [6.07, 6.45) is 4.10. The van der Waals surface area contributed by atoms with Crippen molar-refractivity contribution in [2.24, 2.45) is 0 Å². The minimum absolute atomic E-state index is 0.411. The zero-order chi connectivity index (χ0) is 11.1. The van der Waals surface area contributed by atoms with E-state index in [4.69, 9.17) is 14.7 Å². The van der Waals surface area contributed by atoms with Crippen molar-refractivity contribution in [2.45, 2.75) is 6.42 Å². The number of ether oxygens (including phenoxy) is 2. The summed E-state index contributed by atoms with van der Waals surface area (Å²) in [6, 6.07) is 7.66. The molecule has 0 aromatic heterocycles. The minimum Gasteiger partial charge on any atom is -0.493 e. The van der Waals surface area contributed by atoms with Gasteiger partial charge in [0, 0.05) is 0 Å². The highest BCUT2D eigenvalue weighted by Gasteiger charge is 2.01. The second-order valence-corrected chi connectivity index (χ2v) is 2.88. The van der Waals surface area contributed by atoms with Crippen molar-refractivity contribution in [3.8, 4) is 17.6 Å². The van der Waals surface area contributed by atoms with Crippen molar-refractivity contribution in [2.75, 3.05) is 14.2 Å². The Bertz CT molecular complexity index is 391. The molecular weight excluding hydrogens is 190 g/mol. The van der Waals surface area contributed by atoms with E-state index in [1.165, 1.54) is 0 Å². The number of rotatable bonds is 4. The van der Waals surface area contributed by atoms with E-state index in [-0.39, 0.29) is 0 Å². The van der Waals surface area contributed by atoms with E-state index in [2.05, 4.69) is 0 Å². The van der Waals surface area contributed by atoms with Gasteiger partial charge in [0.05, 0.1) is 26.7 Å². The van der Waals surface area contributed by atoms with Crippen LogP contribution in [0.25, 0.3) is 6.08 Å². The summed E-state index contributed by atoms with van der Waals surface area (Å²) in [6.45, 7) is 0. The average molecular weight is 203 g/mol. The second-order valence-electron chi connectivity index (χ2n) is 2.88. The fourth-order valence-corrected chi connectivity index (χ4v) is 1.20. The van der Waals surface area contributed by atoms with Crippen LogP contribution < -0.4 is 9.47 Å². The maximum absolute atomic E-state index is 8.38. The van der Waals surface area contributed by atoms with E-state index in [0.29, 0.717) is 17.9 Å². The Morgan fingerprint density at radius 2 is 2.00 bits per heavy atom. The molecule has 15 heavy (non-hydrogen) atoms. The summed E-state index contributed by atoms with van der Waals surface area (Å²) in [7, 11) is 3.20. The Morgan fingerprint density at radius 3 is 2.60 bits per heavy atom. The summed E-state index contributed by atoms with van der Waals surface area (Å²) >= 11 is 0. The van der Waals surface area contributed by atoms with Crippen LogP contribution in [0.4, 0.5) is 0 Å². The lowest BCUT2D eigenvalue weighted by molar-refractivity contribution is 0.355. The normalized spacial score (nSPS) is 9.93. The summed E-state index contributed by atoms with van der Waals surface area (Å²) in [5, 5.41) is 8.38. The third-order valence-electron chi connectivity index (χ3n) is 1.93. The van der Waals surface area contributed by atoms with Gasteiger partial charge in [-0.2, -0.15) is 5.26 Å². The Morgan fingerprint density at radius 1 is 1.27 bits per heavy atom. The van der Waals surface area contributed by atoms with Gasteiger partial charge in [-0.3, -0.25) is 0 Å². The molecule has 0 saturated carbocycles. The molecule has 0 radical (unpaired) electrons. The van der Waals surface area contributed by atoms with Crippen molar-refractivity contribution < 1.29 is 9.47 Å². The lowest BCUT2D eigenvalue weighted by atomic mass is 10.2. The molecule has 0 aliphatic heterocycles. The lowest BCUT2D eigenvalue weighted by Gasteiger charge is -2.07. The van der Waals surface area contributed by atoms with E-state index in [1.807, 2.05) is 30.3 Å². The summed E-state index contributed by atoms with van der Waals surface area (Å²) in [5.41, 5.74) is 0.989. The number of hydrogen-bond donors (Lipinski definition) is 0. The van der Waals surface area contributed by atoms with E-state index in [0.717, 1.165) is 5.56 Å². The Kier molecular flexibility index (Phi) is 4.24. The van der Waals surface area contributed by atoms with Crippen LogP contribution in [0, 0.1) is 11.3 Å². The van der Waals surface area contributed by atoms with Crippen molar-refractivity contribution in [3.63, 3.8) is 0 Å². The standard InChI is InChI=1S/C12H13NO2/c1-14-11-7-6-10(5-3-4-8-13)9-12(11)15-2/h3,5-7,9H,4H2,1-2H3. The van der Waals surface area contributed by atoms with Gasteiger partial charge >= 0.3 is 0 Å². The van der Waals surface area contributed by atoms with Gasteiger partial charge in [0.2, 0.25) is 0 Å². The van der Waals surface area contributed by atoms with Gasteiger partial charge in [-0.25, -0.2) is 0 Å². The van der Waals surface area contributed by atoms with Gasteiger partial charge < -0.3 is 9.47 Å². The Balaban J connectivity index is 2.89. The van der Waals surface area contributed by atoms with E-state index < -0.39 is 0 Å². The van der Waals surface area contributed by atoms with Crippen LogP contribution in [-0.4, -0.2) is 14.2 Å². The fourth-order valence-electron chi connectivity index (χ4n) is 1.20. The molecule has 0 aliphatic carbocycles. The topological polar surface area (TPSA) is 42.2 Å². The molecule has 78 valence electrons. The van der Waals surface area contributed by atoms with Crippen molar-refractivity contribution in [1.82, 2.24) is 0 Å². The van der Waals surface area contributed by atoms with Crippen LogP contribution >= 0.6 is 0 Å². The second kappa shape index (κ2) is 5.71. The molecule has 1 aromatic rings. The molecule has 0 spiro atoms. The highest BCUT2D eigenvalue weighted by atomic mass is 16.5. The fraction of sp³-hybridized carbons (Fsp3) is 0.250. The molecule has 0 saturated heterocycles. The lowest BCUT2D eigenvalue weighted by Crippen LogP contribution is -1.90. The first-order valence-electron chi connectivity index (χ1n) is 4.57. The van der Waals surface area contributed by atoms with Crippen LogP contribution in [0.2, 0.25) is 0 Å². The monoisotopic (exact) mass is 203 g/mol. The molecule has 1 aromatic carbocycles. The third-order valence-corrected chi connectivity index (χ3v) is 1.93. The molecule has 0 aliphatic rings. The molecule has 1 rings (SSSR count). The van der Waals surface area contributed by atoms with Crippen LogP contribution in [0.1, 0.15) is 12.0 Å². The van der Waals surface area contributed by atoms with Crippen LogP contribution in [0.5, 0.6) is 11.5 Å². The summed E-state index contributed by atoms with van der Waals surface area (Å²) in [5.74, 6) is 1.39. The average Bonchev–Trinajstić information content (AvgIpc) is 2.29. The zero-order valence-electron chi connectivity index (χ0n) is 8.86. The van der Waals surface area contributed by atoms with Gasteiger partial charge in [0.1, 0.15) is 0 Å². The predicted octanol–water partition coefficient (Wildman–Crippen LogP) is 2.63. The zero-order valence-corrected chi connectivity index (χ0v) is 8.86. The Labute approximate surface area is 89.6 Å². The number of nitriles is 1. The summed E-state index contributed by atoms with van der Waals surface area (Å²) in [4.78, 5) is 0. The van der Waals surface area contributed by atoms with Crippen molar-refractivity contribution in [3.05, 3.63) is 29.8 Å². The first kappa shape index (κ1) is 11.1. The van der Waals surface area contributed by atoms with Gasteiger partial charge in [-0.05, 0) is 17.7 Å². The van der Waals surface area contributed by atoms with E-state index in [9.17, 15) is 0 Å². The van der Waals surface area contributed by atoms with Crippen LogP contribution in [0.15, 0.2) is 24.3 Å². The van der Waals surface area contributed by atoms with Gasteiger partial charge in [0.15, 0.2) is 11.5 Å². The van der Waals surface area contributed by atoms with Gasteiger partial charge in [-0.15, -0.1) is 0 Å². The van der Waals surface area contributed by atoms with E-state index in [1.54, 1.807) is 20.3 Å². The van der Waals surface area contributed by atoms with Crippen LogP contribution in [0.3, 0.4) is 0 Å². The molecule has 0 atom stereocenters. The third kappa shape index (κ3) is 3.03. The molecule has 0 amide bonds. The maximum Gasteiger partial charge on any atom is 0.161 e. The number of allylic oxidation sites excluding steroid dienone is 1. The van der Waals surface area contributed by atoms with Gasteiger partial charge in [-0.1, -0.05) is 18.2 Å². The molecule has 0 heterocycles. The molecule has 0 fully saturated rings. The highest BCUT2D eigenvalue weighted by molar-refractivity contribution is 5.56. The minimum atomic E-state index is 0.411. The Hall–Kier alpha value is -1.95. The number of nitrogens with zero attached hydrogens (tertiary/aromatic N) is 1. The predicted molar refractivity (Wildman–Crippen MR) is 58.8 cm³/mol. The molecule has 3 heteroatoms. The molecule has 0 N–H and O–H groups in total. The number of benzene rings is 1. The molecular formula is C12H13NO2. The first-order valence-corrected chi connectivity index (χ1v) is 4.57. The largest absolute Gasteiger partial charge is 0.493 e. The quantitative estimate of drug-likeness (QED) is 0.755. The molecule has 3 nitrogen and oxygen atoms in total. The first-order chi connectivity index (χ1) is 7.31. The van der Waals surface area contributed by atoms with Gasteiger partial charge in [0.25, 0.3) is 0 Å². The number of methoxy groups -OCH3 is 2. The van der Waals surface area contributed by atoms with Crippen molar-refractivity contribution in [1.29, 1.82) is 5.26 Å². The smallest absolute Gasteiger partial charge is 0.161 e. The molecule has 0 bridgehead atoms. The van der Waals surface area contributed by atoms with Crippen molar-refractivity contribution >= 4 is 6.08 Å². The SMILES string of the molecule is COc1ccc(C=CCC#N)cc1OC. The maximum atomic E-state index is 8.38.